The van der Waals surface area contributed by atoms with Crippen LogP contribution in [-0.4, -0.2) is 43.9 Å². The Kier molecular flexibility index (Phi) is 5.66. The summed E-state index contributed by atoms with van der Waals surface area (Å²) >= 11 is 0. The number of aliphatic hydroxyl groups excluding tert-OH is 1. The monoisotopic (exact) mass is 305 g/mol. The number of rotatable bonds is 6. The number of carbonyl (C=O) groups is 1. The van der Waals surface area contributed by atoms with Gasteiger partial charge in [-0.25, -0.2) is 4.79 Å². The fourth-order valence-electron chi connectivity index (χ4n) is 3.03. The Balaban J connectivity index is 1.72. The molecule has 5 nitrogen and oxygen atoms in total. The Bertz CT molecular complexity index is 480. The van der Waals surface area contributed by atoms with E-state index < -0.39 is 0 Å². The number of carbonyl (C=O) groups excluding carboxylic acids is 1. The van der Waals surface area contributed by atoms with E-state index in [1.807, 2.05) is 44.3 Å². The van der Waals surface area contributed by atoms with Gasteiger partial charge in [0.2, 0.25) is 0 Å². The smallest absolute Gasteiger partial charge is 0.315 e. The van der Waals surface area contributed by atoms with Crippen molar-refractivity contribution in [3.05, 3.63) is 30.3 Å². The fraction of sp³-hybridized carbons (Fsp3) is 0.588. The first kappa shape index (κ1) is 16.6. The van der Waals surface area contributed by atoms with Gasteiger partial charge in [0.25, 0.3) is 0 Å². The molecular formula is C17H27N3O2. The molecule has 2 atom stereocenters. The highest BCUT2D eigenvalue weighted by molar-refractivity contribution is 5.74. The number of nitrogens with one attached hydrogen (secondary N) is 2. The van der Waals surface area contributed by atoms with Gasteiger partial charge in [-0.1, -0.05) is 31.5 Å². The number of amides is 2. The van der Waals surface area contributed by atoms with Crippen LogP contribution in [0.5, 0.6) is 0 Å². The molecule has 2 rings (SSSR count). The van der Waals surface area contributed by atoms with Crippen molar-refractivity contribution in [2.75, 3.05) is 31.6 Å². The molecule has 1 aliphatic carbocycles. The van der Waals surface area contributed by atoms with Crippen LogP contribution in [0.1, 0.15) is 26.2 Å². The van der Waals surface area contributed by atoms with Crippen LogP contribution in [0.2, 0.25) is 0 Å². The molecule has 0 saturated heterocycles. The normalized spacial score (nSPS) is 24.0. The second kappa shape index (κ2) is 7.49. The highest BCUT2D eigenvalue weighted by Crippen LogP contribution is 2.37. The first-order chi connectivity index (χ1) is 10.5. The zero-order valence-electron chi connectivity index (χ0n) is 13.5. The van der Waals surface area contributed by atoms with Gasteiger partial charge in [0, 0.05) is 37.3 Å². The van der Waals surface area contributed by atoms with Crippen LogP contribution in [0.4, 0.5) is 10.5 Å². The van der Waals surface area contributed by atoms with Crippen molar-refractivity contribution in [3.8, 4) is 0 Å². The summed E-state index contributed by atoms with van der Waals surface area (Å²) in [5, 5.41) is 15.4. The third-order valence-corrected chi connectivity index (χ3v) is 4.68. The number of benzene rings is 1. The summed E-state index contributed by atoms with van der Waals surface area (Å²) in [4.78, 5) is 14.1. The van der Waals surface area contributed by atoms with E-state index in [0.717, 1.165) is 31.5 Å². The lowest BCUT2D eigenvalue weighted by Crippen LogP contribution is -2.49. The van der Waals surface area contributed by atoms with Gasteiger partial charge in [-0.3, -0.25) is 0 Å². The molecule has 0 bridgehead atoms. The Morgan fingerprint density at radius 2 is 2.14 bits per heavy atom. The zero-order chi connectivity index (χ0) is 16.0. The molecule has 122 valence electrons. The number of likely N-dealkylation sites (N-methyl/N-ethyl adjacent to an activating group) is 1. The van der Waals surface area contributed by atoms with Crippen LogP contribution in [0.15, 0.2) is 30.3 Å². The average Bonchev–Trinajstić information content (AvgIpc) is 2.89. The van der Waals surface area contributed by atoms with Crippen LogP contribution < -0.4 is 15.5 Å². The van der Waals surface area contributed by atoms with Crippen LogP contribution in [0.25, 0.3) is 0 Å². The molecule has 1 aliphatic rings. The predicted octanol–water partition coefficient (Wildman–Crippen LogP) is 1.97. The molecule has 2 unspecified atom stereocenters. The number of urea groups is 1. The van der Waals surface area contributed by atoms with E-state index in [4.69, 9.17) is 0 Å². The number of para-hydroxylation sites is 1. The Morgan fingerprint density at radius 3 is 2.82 bits per heavy atom. The minimum absolute atomic E-state index is 0.0596. The zero-order valence-corrected chi connectivity index (χ0v) is 13.5. The van der Waals surface area contributed by atoms with Gasteiger partial charge in [-0.05, 0) is 25.0 Å². The SMILES string of the molecule is CN(CCNC(=O)NC1CCCC1(C)CO)c1ccccc1. The van der Waals surface area contributed by atoms with Crippen LogP contribution in [-0.2, 0) is 0 Å². The number of aliphatic hydroxyl groups is 1. The molecule has 0 aromatic heterocycles. The summed E-state index contributed by atoms with van der Waals surface area (Å²) in [7, 11) is 2.01. The summed E-state index contributed by atoms with van der Waals surface area (Å²) < 4.78 is 0. The first-order valence-electron chi connectivity index (χ1n) is 7.96. The second-order valence-corrected chi connectivity index (χ2v) is 6.41. The molecule has 5 heteroatoms. The standard InChI is InChI=1S/C17H27N3O2/c1-17(13-21)10-6-9-15(17)19-16(22)18-11-12-20(2)14-7-4-3-5-8-14/h3-5,7-8,15,21H,6,9-13H2,1-2H3,(H2,18,19,22). The van der Waals surface area contributed by atoms with E-state index >= 15 is 0 Å². The number of anilines is 1. The van der Waals surface area contributed by atoms with Crippen molar-refractivity contribution in [2.45, 2.75) is 32.2 Å². The summed E-state index contributed by atoms with van der Waals surface area (Å²) in [6.45, 7) is 3.49. The van der Waals surface area contributed by atoms with Gasteiger partial charge in [0.15, 0.2) is 0 Å². The highest BCUT2D eigenvalue weighted by Gasteiger charge is 2.38. The molecule has 0 spiro atoms. The van der Waals surface area contributed by atoms with Gasteiger partial charge in [-0.15, -0.1) is 0 Å². The topological polar surface area (TPSA) is 64.6 Å². The van der Waals surface area contributed by atoms with E-state index in [1.54, 1.807) is 0 Å². The molecule has 22 heavy (non-hydrogen) atoms. The first-order valence-corrected chi connectivity index (χ1v) is 7.96. The quantitative estimate of drug-likeness (QED) is 0.753. The van der Waals surface area contributed by atoms with E-state index in [0.29, 0.717) is 6.54 Å². The van der Waals surface area contributed by atoms with Crippen molar-refractivity contribution >= 4 is 11.7 Å². The number of hydrogen-bond donors (Lipinski definition) is 3. The third-order valence-electron chi connectivity index (χ3n) is 4.68. The van der Waals surface area contributed by atoms with Gasteiger partial charge in [-0.2, -0.15) is 0 Å². The molecule has 1 fully saturated rings. The number of nitrogens with zero attached hydrogens (tertiary/aromatic N) is 1. The molecule has 0 aliphatic heterocycles. The molecule has 1 saturated carbocycles. The van der Waals surface area contributed by atoms with Crippen molar-refractivity contribution in [3.63, 3.8) is 0 Å². The van der Waals surface area contributed by atoms with E-state index in [9.17, 15) is 9.90 Å². The van der Waals surface area contributed by atoms with Crippen molar-refractivity contribution in [2.24, 2.45) is 5.41 Å². The lowest BCUT2D eigenvalue weighted by atomic mass is 9.86. The maximum atomic E-state index is 12.0. The highest BCUT2D eigenvalue weighted by atomic mass is 16.3. The third kappa shape index (κ3) is 4.13. The van der Waals surface area contributed by atoms with Crippen molar-refractivity contribution < 1.29 is 9.90 Å². The Hall–Kier alpha value is -1.75. The van der Waals surface area contributed by atoms with Gasteiger partial charge >= 0.3 is 6.03 Å². The van der Waals surface area contributed by atoms with Crippen LogP contribution in [0, 0.1) is 5.41 Å². The predicted molar refractivity (Wildman–Crippen MR) is 89.1 cm³/mol. The maximum Gasteiger partial charge on any atom is 0.315 e. The van der Waals surface area contributed by atoms with Crippen molar-refractivity contribution in [1.82, 2.24) is 10.6 Å². The molecule has 1 aromatic carbocycles. The maximum absolute atomic E-state index is 12.0. The fourth-order valence-corrected chi connectivity index (χ4v) is 3.03. The van der Waals surface area contributed by atoms with E-state index in [-0.39, 0.29) is 24.1 Å². The van der Waals surface area contributed by atoms with E-state index in [2.05, 4.69) is 15.5 Å². The largest absolute Gasteiger partial charge is 0.396 e. The van der Waals surface area contributed by atoms with Crippen LogP contribution in [0.3, 0.4) is 0 Å². The summed E-state index contributed by atoms with van der Waals surface area (Å²) in [6.07, 6.45) is 2.96. The molecule has 1 aromatic rings. The Labute approximate surface area is 132 Å². The van der Waals surface area contributed by atoms with Crippen molar-refractivity contribution in [1.29, 1.82) is 0 Å². The average molecular weight is 305 g/mol. The molecule has 2 amide bonds. The molecule has 3 N–H and O–H groups in total. The molecule has 0 radical (unpaired) electrons. The van der Waals surface area contributed by atoms with Crippen LogP contribution >= 0.6 is 0 Å². The lowest BCUT2D eigenvalue weighted by molar-refractivity contribution is 0.121. The minimum Gasteiger partial charge on any atom is -0.396 e. The second-order valence-electron chi connectivity index (χ2n) is 6.41. The molecular weight excluding hydrogens is 278 g/mol. The summed E-state index contributed by atoms with van der Waals surface area (Å²) in [6, 6.07) is 10.0. The Morgan fingerprint density at radius 1 is 1.41 bits per heavy atom. The van der Waals surface area contributed by atoms with E-state index in [1.165, 1.54) is 0 Å². The minimum atomic E-state index is -0.182. The van der Waals surface area contributed by atoms with Gasteiger partial charge in [0.05, 0.1) is 6.61 Å². The summed E-state index contributed by atoms with van der Waals surface area (Å²) in [5.74, 6) is 0. The van der Waals surface area contributed by atoms with Gasteiger partial charge < -0.3 is 20.6 Å². The summed E-state index contributed by atoms with van der Waals surface area (Å²) in [5.41, 5.74) is 0.950. The lowest BCUT2D eigenvalue weighted by Gasteiger charge is -2.30. The van der Waals surface area contributed by atoms with Gasteiger partial charge in [0.1, 0.15) is 0 Å². The number of hydrogen-bond acceptors (Lipinski definition) is 3. The molecule has 0 heterocycles.